The van der Waals surface area contributed by atoms with E-state index >= 15 is 0 Å². The Morgan fingerprint density at radius 2 is 2.00 bits per heavy atom. The molecular weight excluding hydrogens is 212 g/mol. The van der Waals surface area contributed by atoms with Gasteiger partial charge < -0.3 is 0 Å². The molecule has 0 atom stereocenters. The van der Waals surface area contributed by atoms with Crippen molar-refractivity contribution in [2.75, 3.05) is 0 Å². The molecule has 0 aliphatic rings. The van der Waals surface area contributed by atoms with Crippen molar-refractivity contribution in [1.29, 1.82) is 0 Å². The first kappa shape index (κ1) is 11.4. The van der Waals surface area contributed by atoms with Gasteiger partial charge in [0.25, 0.3) is 0 Å². The SMILES string of the molecule is C=Nn1cnnc1C.Clc1ccccc1. The third kappa shape index (κ3) is 3.91. The maximum Gasteiger partial charge on any atom is 0.151 e. The van der Waals surface area contributed by atoms with Gasteiger partial charge in [-0.05, 0) is 19.1 Å². The summed E-state index contributed by atoms with van der Waals surface area (Å²) in [5.41, 5.74) is 0. The number of benzene rings is 1. The molecule has 0 fully saturated rings. The van der Waals surface area contributed by atoms with E-state index in [9.17, 15) is 0 Å². The Morgan fingerprint density at radius 3 is 2.27 bits per heavy atom. The Balaban J connectivity index is 0.000000151. The lowest BCUT2D eigenvalue weighted by Gasteiger charge is -1.86. The average Bonchev–Trinajstić information content (AvgIpc) is 2.66. The molecule has 2 rings (SSSR count). The normalized spacial score (nSPS) is 8.93. The molecular formula is C10H11ClN4. The molecule has 2 aromatic rings. The molecule has 0 N–H and O–H groups in total. The molecule has 0 unspecified atom stereocenters. The predicted molar refractivity (Wildman–Crippen MR) is 61.2 cm³/mol. The van der Waals surface area contributed by atoms with Crippen LogP contribution in [0.1, 0.15) is 5.82 Å². The van der Waals surface area contributed by atoms with E-state index in [-0.39, 0.29) is 0 Å². The van der Waals surface area contributed by atoms with E-state index in [1.807, 2.05) is 37.3 Å². The van der Waals surface area contributed by atoms with Crippen molar-refractivity contribution in [2.45, 2.75) is 6.92 Å². The Bertz CT molecular complexity index is 410. The molecule has 1 aromatic heterocycles. The first-order chi connectivity index (χ1) is 7.24. The van der Waals surface area contributed by atoms with Gasteiger partial charge in [0.05, 0.1) is 0 Å². The first-order valence-corrected chi connectivity index (χ1v) is 4.66. The minimum Gasteiger partial charge on any atom is -0.205 e. The van der Waals surface area contributed by atoms with Crippen LogP contribution in [0.5, 0.6) is 0 Å². The lowest BCUT2D eigenvalue weighted by Crippen LogP contribution is -1.86. The number of rotatable bonds is 1. The van der Waals surface area contributed by atoms with Crippen molar-refractivity contribution in [1.82, 2.24) is 14.9 Å². The zero-order chi connectivity index (χ0) is 11.1. The van der Waals surface area contributed by atoms with Crippen molar-refractivity contribution in [3.8, 4) is 0 Å². The summed E-state index contributed by atoms with van der Waals surface area (Å²) in [5.74, 6) is 0.750. The molecule has 4 nitrogen and oxygen atoms in total. The summed E-state index contributed by atoms with van der Waals surface area (Å²) in [7, 11) is 0. The van der Waals surface area contributed by atoms with Crippen molar-refractivity contribution >= 4 is 18.3 Å². The van der Waals surface area contributed by atoms with Gasteiger partial charge in [0.1, 0.15) is 6.33 Å². The Morgan fingerprint density at radius 1 is 1.33 bits per heavy atom. The van der Waals surface area contributed by atoms with Crippen LogP contribution in [0.4, 0.5) is 0 Å². The topological polar surface area (TPSA) is 43.1 Å². The number of aromatic nitrogens is 3. The molecule has 1 heterocycles. The van der Waals surface area contributed by atoms with Crippen LogP contribution in [0.2, 0.25) is 5.02 Å². The number of halogens is 1. The van der Waals surface area contributed by atoms with Crippen molar-refractivity contribution < 1.29 is 0 Å². The highest BCUT2D eigenvalue weighted by Crippen LogP contribution is 2.03. The van der Waals surface area contributed by atoms with E-state index in [2.05, 4.69) is 22.0 Å². The maximum absolute atomic E-state index is 5.54. The van der Waals surface area contributed by atoms with Gasteiger partial charge in [-0.1, -0.05) is 29.8 Å². The maximum atomic E-state index is 5.54. The minimum absolute atomic E-state index is 0.750. The predicted octanol–water partition coefficient (Wildman–Crippen LogP) is 2.39. The van der Waals surface area contributed by atoms with E-state index in [1.165, 1.54) is 11.0 Å². The molecule has 0 saturated carbocycles. The molecule has 78 valence electrons. The summed E-state index contributed by atoms with van der Waals surface area (Å²) in [4.78, 5) is 0. The monoisotopic (exact) mass is 222 g/mol. The van der Waals surface area contributed by atoms with Gasteiger partial charge in [0.15, 0.2) is 5.82 Å². The largest absolute Gasteiger partial charge is 0.205 e. The highest BCUT2D eigenvalue weighted by molar-refractivity contribution is 6.30. The van der Waals surface area contributed by atoms with Crippen molar-refractivity contribution in [2.24, 2.45) is 5.10 Å². The lowest BCUT2D eigenvalue weighted by molar-refractivity contribution is 0.835. The second-order valence-electron chi connectivity index (χ2n) is 2.66. The molecule has 0 spiro atoms. The summed E-state index contributed by atoms with van der Waals surface area (Å²) in [5, 5.41) is 11.6. The van der Waals surface area contributed by atoms with Crippen LogP contribution in [0, 0.1) is 6.92 Å². The second-order valence-corrected chi connectivity index (χ2v) is 3.10. The van der Waals surface area contributed by atoms with Crippen LogP contribution in [-0.4, -0.2) is 21.6 Å². The number of hydrogen-bond donors (Lipinski definition) is 0. The van der Waals surface area contributed by atoms with Gasteiger partial charge in [-0.2, -0.15) is 5.10 Å². The van der Waals surface area contributed by atoms with Gasteiger partial charge in [-0.15, -0.1) is 10.2 Å². The number of nitrogens with zero attached hydrogens (tertiary/aromatic N) is 4. The zero-order valence-corrected chi connectivity index (χ0v) is 9.09. The fourth-order valence-electron chi connectivity index (χ4n) is 0.841. The summed E-state index contributed by atoms with van der Waals surface area (Å²) < 4.78 is 1.50. The van der Waals surface area contributed by atoms with Gasteiger partial charge in [-0.25, -0.2) is 4.68 Å². The fraction of sp³-hybridized carbons (Fsp3) is 0.100. The van der Waals surface area contributed by atoms with Crippen LogP contribution in [0.15, 0.2) is 41.8 Å². The van der Waals surface area contributed by atoms with Gasteiger partial charge >= 0.3 is 0 Å². The van der Waals surface area contributed by atoms with E-state index in [0.717, 1.165) is 10.8 Å². The minimum atomic E-state index is 0.750. The summed E-state index contributed by atoms with van der Waals surface area (Å²) in [6, 6.07) is 9.44. The van der Waals surface area contributed by atoms with E-state index in [1.54, 1.807) is 0 Å². The van der Waals surface area contributed by atoms with Crippen molar-refractivity contribution in [3.63, 3.8) is 0 Å². The highest BCUT2D eigenvalue weighted by Gasteiger charge is 1.89. The standard InChI is InChI=1S/C6H5Cl.C4H6N4/c7-6-4-2-1-3-5-6;1-4-7-6-3-8(4)5-2/h1-5H;3H,2H2,1H3. The first-order valence-electron chi connectivity index (χ1n) is 4.28. The fourth-order valence-corrected chi connectivity index (χ4v) is 0.987. The molecule has 0 bridgehead atoms. The molecule has 15 heavy (non-hydrogen) atoms. The summed E-state index contributed by atoms with van der Waals surface area (Å²) in [6.07, 6.45) is 1.50. The van der Waals surface area contributed by atoms with Crippen LogP contribution in [-0.2, 0) is 0 Å². The average molecular weight is 223 g/mol. The summed E-state index contributed by atoms with van der Waals surface area (Å²) >= 11 is 5.54. The number of aryl methyl sites for hydroxylation is 1. The molecule has 0 aliphatic heterocycles. The van der Waals surface area contributed by atoms with Gasteiger partial charge in [0.2, 0.25) is 0 Å². The van der Waals surface area contributed by atoms with E-state index in [0.29, 0.717) is 0 Å². The molecule has 5 heteroatoms. The quantitative estimate of drug-likeness (QED) is 0.696. The Labute approximate surface area is 93.2 Å². The third-order valence-corrected chi connectivity index (χ3v) is 1.83. The Hall–Kier alpha value is -1.68. The molecule has 0 radical (unpaired) electrons. The molecule has 0 amide bonds. The highest BCUT2D eigenvalue weighted by atomic mass is 35.5. The second kappa shape index (κ2) is 5.93. The Kier molecular flexibility index (Phi) is 4.50. The molecule has 0 aliphatic carbocycles. The van der Waals surface area contributed by atoms with Crippen LogP contribution in [0.25, 0.3) is 0 Å². The lowest BCUT2D eigenvalue weighted by atomic mass is 10.4. The van der Waals surface area contributed by atoms with E-state index < -0.39 is 0 Å². The molecule has 1 aromatic carbocycles. The van der Waals surface area contributed by atoms with Gasteiger partial charge in [0, 0.05) is 11.7 Å². The number of hydrogen-bond acceptors (Lipinski definition) is 3. The smallest absolute Gasteiger partial charge is 0.151 e. The van der Waals surface area contributed by atoms with Gasteiger partial charge in [-0.3, -0.25) is 0 Å². The van der Waals surface area contributed by atoms with Crippen LogP contribution in [0.3, 0.4) is 0 Å². The van der Waals surface area contributed by atoms with Crippen molar-refractivity contribution in [3.05, 3.63) is 47.5 Å². The summed E-state index contributed by atoms with van der Waals surface area (Å²) in [6.45, 7) is 5.10. The van der Waals surface area contributed by atoms with Crippen LogP contribution < -0.4 is 0 Å². The zero-order valence-electron chi connectivity index (χ0n) is 8.34. The third-order valence-electron chi connectivity index (χ3n) is 1.58. The van der Waals surface area contributed by atoms with Crippen LogP contribution >= 0.6 is 11.6 Å². The molecule has 0 saturated heterocycles. The van der Waals surface area contributed by atoms with E-state index in [4.69, 9.17) is 11.6 Å².